The number of hydrogen-bond acceptors (Lipinski definition) is 4. The topological polar surface area (TPSA) is 63.7 Å². The first-order valence-corrected chi connectivity index (χ1v) is 8.18. The number of ether oxygens (including phenoxy) is 1. The summed E-state index contributed by atoms with van der Waals surface area (Å²) in [5.74, 6) is -0.525. The van der Waals surface area contributed by atoms with Gasteiger partial charge in [-0.05, 0) is 33.1 Å². The lowest BCUT2D eigenvalue weighted by molar-refractivity contribution is -0.154. The number of hydrogen-bond donors (Lipinski definition) is 0. The molecular weight excluding hydrogens is 266 g/mol. The second-order valence-electron chi connectivity index (χ2n) is 6.94. The molecule has 5 nitrogen and oxygen atoms in total. The third-order valence-corrected chi connectivity index (χ3v) is 4.43. The highest BCUT2D eigenvalue weighted by atomic mass is 32.2. The van der Waals surface area contributed by atoms with E-state index in [2.05, 4.69) is 0 Å². The van der Waals surface area contributed by atoms with Crippen molar-refractivity contribution in [1.29, 1.82) is 0 Å². The first kappa shape index (κ1) is 18.4. The Morgan fingerprint density at radius 3 is 1.84 bits per heavy atom. The fourth-order valence-electron chi connectivity index (χ4n) is 1.38. The SMILES string of the molecule is C[C@H](OC(=O)CN(C(C)(C)C)S(C)(=O)=O)C(C)(C)C. The van der Waals surface area contributed by atoms with E-state index >= 15 is 0 Å². The van der Waals surface area contributed by atoms with Gasteiger partial charge >= 0.3 is 5.97 Å². The van der Waals surface area contributed by atoms with Crippen molar-refractivity contribution in [2.75, 3.05) is 12.8 Å². The molecular formula is C13H27NO4S. The summed E-state index contributed by atoms with van der Waals surface area (Å²) in [5.41, 5.74) is -0.828. The molecule has 0 aromatic carbocycles. The third-order valence-electron chi connectivity index (χ3n) is 2.95. The lowest BCUT2D eigenvalue weighted by atomic mass is 9.90. The Labute approximate surface area is 117 Å². The Balaban J connectivity index is 4.87. The van der Waals surface area contributed by atoms with E-state index in [0.717, 1.165) is 10.6 Å². The van der Waals surface area contributed by atoms with Gasteiger partial charge in [-0.3, -0.25) is 4.79 Å². The van der Waals surface area contributed by atoms with Crippen molar-refractivity contribution in [3.05, 3.63) is 0 Å². The Hall–Kier alpha value is -0.620. The van der Waals surface area contributed by atoms with Gasteiger partial charge < -0.3 is 4.74 Å². The maximum atomic E-state index is 11.9. The molecule has 114 valence electrons. The van der Waals surface area contributed by atoms with E-state index in [4.69, 9.17) is 4.74 Å². The highest BCUT2D eigenvalue weighted by Crippen LogP contribution is 2.23. The molecule has 6 heteroatoms. The number of sulfonamides is 1. The third kappa shape index (κ3) is 6.38. The lowest BCUT2D eigenvalue weighted by Gasteiger charge is -2.33. The van der Waals surface area contributed by atoms with E-state index in [1.54, 1.807) is 27.7 Å². The van der Waals surface area contributed by atoms with E-state index in [0.29, 0.717) is 0 Å². The molecule has 0 saturated carbocycles. The zero-order chi connectivity index (χ0) is 15.6. The summed E-state index contributed by atoms with van der Waals surface area (Å²) in [6, 6.07) is 0. The largest absolute Gasteiger partial charge is 0.461 e. The van der Waals surface area contributed by atoms with Crippen LogP contribution in [-0.2, 0) is 19.6 Å². The Kier molecular flexibility index (Phi) is 5.60. The first-order valence-electron chi connectivity index (χ1n) is 6.33. The quantitative estimate of drug-likeness (QED) is 0.744. The average molecular weight is 293 g/mol. The molecule has 0 unspecified atom stereocenters. The van der Waals surface area contributed by atoms with Gasteiger partial charge in [-0.25, -0.2) is 8.42 Å². The maximum Gasteiger partial charge on any atom is 0.321 e. The van der Waals surface area contributed by atoms with Crippen molar-refractivity contribution in [2.45, 2.75) is 60.1 Å². The van der Waals surface area contributed by atoms with Crippen LogP contribution < -0.4 is 0 Å². The molecule has 0 radical (unpaired) electrons. The lowest BCUT2D eigenvalue weighted by Crippen LogP contribution is -2.48. The molecule has 0 aromatic rings. The van der Waals surface area contributed by atoms with Crippen LogP contribution in [0.25, 0.3) is 0 Å². The van der Waals surface area contributed by atoms with Crippen molar-refractivity contribution in [2.24, 2.45) is 5.41 Å². The normalized spacial score (nSPS) is 15.4. The van der Waals surface area contributed by atoms with E-state index in [9.17, 15) is 13.2 Å². The van der Waals surface area contributed by atoms with Crippen LogP contribution in [0.3, 0.4) is 0 Å². The van der Waals surface area contributed by atoms with Crippen LogP contribution in [0.5, 0.6) is 0 Å². The molecule has 0 aliphatic carbocycles. The summed E-state index contributed by atoms with van der Waals surface area (Å²) in [7, 11) is -3.46. The standard InChI is InChI=1S/C13H27NO4S/c1-10(12(2,3)4)18-11(15)9-14(13(5,6)7)19(8,16)17/h10H,9H2,1-8H3/t10-/m0/s1. The smallest absolute Gasteiger partial charge is 0.321 e. The predicted molar refractivity (Wildman–Crippen MR) is 76.3 cm³/mol. The number of esters is 1. The monoisotopic (exact) mass is 293 g/mol. The molecule has 0 aliphatic heterocycles. The van der Waals surface area contributed by atoms with Crippen LogP contribution in [0.1, 0.15) is 48.5 Å². The van der Waals surface area contributed by atoms with Gasteiger partial charge in [0.2, 0.25) is 10.0 Å². The molecule has 0 aliphatic rings. The van der Waals surface area contributed by atoms with Crippen molar-refractivity contribution in [3.63, 3.8) is 0 Å². The van der Waals surface area contributed by atoms with Crippen LogP contribution in [0.15, 0.2) is 0 Å². The summed E-state index contributed by atoms with van der Waals surface area (Å²) in [5, 5.41) is 0. The molecule has 0 rings (SSSR count). The zero-order valence-corrected chi connectivity index (χ0v) is 14.1. The van der Waals surface area contributed by atoms with E-state index in [1.807, 2.05) is 20.8 Å². The first-order chi connectivity index (χ1) is 8.15. The molecule has 0 spiro atoms. The molecule has 0 heterocycles. The molecule has 19 heavy (non-hydrogen) atoms. The van der Waals surface area contributed by atoms with Gasteiger partial charge in [0.15, 0.2) is 0 Å². The Bertz CT molecular complexity index is 415. The minimum absolute atomic E-state index is 0.173. The number of nitrogens with zero attached hydrogens (tertiary/aromatic N) is 1. The fourth-order valence-corrected chi connectivity index (χ4v) is 2.72. The summed E-state index contributed by atoms with van der Waals surface area (Å²) >= 11 is 0. The summed E-state index contributed by atoms with van der Waals surface area (Å²) in [4.78, 5) is 11.9. The zero-order valence-electron chi connectivity index (χ0n) is 13.3. The number of carbonyl (C=O) groups excluding carboxylic acids is 1. The van der Waals surface area contributed by atoms with Crippen molar-refractivity contribution >= 4 is 16.0 Å². The summed E-state index contributed by atoms with van der Waals surface area (Å²) in [6.45, 7) is 12.7. The van der Waals surface area contributed by atoms with E-state index in [-0.39, 0.29) is 18.1 Å². The molecule has 1 atom stereocenters. The minimum atomic E-state index is -3.46. The van der Waals surface area contributed by atoms with Crippen LogP contribution in [-0.4, -0.2) is 43.1 Å². The van der Waals surface area contributed by atoms with Crippen LogP contribution in [0.2, 0.25) is 0 Å². The van der Waals surface area contributed by atoms with Gasteiger partial charge in [-0.1, -0.05) is 20.8 Å². The number of carbonyl (C=O) groups is 1. The molecule has 0 fully saturated rings. The van der Waals surface area contributed by atoms with Gasteiger partial charge in [0.25, 0.3) is 0 Å². The molecule has 0 bridgehead atoms. The maximum absolute atomic E-state index is 11.9. The van der Waals surface area contributed by atoms with Gasteiger partial charge in [-0.15, -0.1) is 0 Å². The van der Waals surface area contributed by atoms with Crippen molar-refractivity contribution in [1.82, 2.24) is 4.31 Å². The highest BCUT2D eigenvalue weighted by molar-refractivity contribution is 7.88. The molecule has 0 N–H and O–H groups in total. The Morgan fingerprint density at radius 1 is 1.16 bits per heavy atom. The Morgan fingerprint density at radius 2 is 1.58 bits per heavy atom. The van der Waals surface area contributed by atoms with Crippen LogP contribution in [0.4, 0.5) is 0 Å². The highest BCUT2D eigenvalue weighted by Gasteiger charge is 2.33. The summed E-state index contributed by atoms with van der Waals surface area (Å²) in [6.07, 6.45) is 0.819. The molecule has 0 aromatic heterocycles. The van der Waals surface area contributed by atoms with Gasteiger partial charge in [0.1, 0.15) is 12.6 Å². The second kappa shape index (κ2) is 5.79. The number of rotatable bonds is 4. The molecule has 0 amide bonds. The predicted octanol–water partition coefficient (Wildman–Crippen LogP) is 2.02. The van der Waals surface area contributed by atoms with E-state index < -0.39 is 21.5 Å². The van der Waals surface area contributed by atoms with E-state index in [1.165, 1.54) is 0 Å². The second-order valence-corrected chi connectivity index (χ2v) is 8.85. The average Bonchev–Trinajstić information content (AvgIpc) is 2.08. The van der Waals surface area contributed by atoms with Crippen LogP contribution >= 0.6 is 0 Å². The summed E-state index contributed by atoms with van der Waals surface area (Å²) < 4.78 is 29.9. The van der Waals surface area contributed by atoms with Gasteiger partial charge in [-0.2, -0.15) is 4.31 Å². The van der Waals surface area contributed by atoms with Gasteiger partial charge in [0.05, 0.1) is 6.26 Å². The molecule has 0 saturated heterocycles. The van der Waals surface area contributed by atoms with Crippen molar-refractivity contribution in [3.8, 4) is 0 Å². The fraction of sp³-hybridized carbons (Fsp3) is 0.923. The van der Waals surface area contributed by atoms with Crippen LogP contribution in [0, 0.1) is 5.41 Å². The minimum Gasteiger partial charge on any atom is -0.461 e. The van der Waals surface area contributed by atoms with Gasteiger partial charge in [0, 0.05) is 5.54 Å². The van der Waals surface area contributed by atoms with Crippen molar-refractivity contribution < 1.29 is 17.9 Å².